The molecule has 0 aliphatic carbocycles. The van der Waals surface area contributed by atoms with Gasteiger partial charge >= 0.3 is 0 Å². The van der Waals surface area contributed by atoms with Gasteiger partial charge in [0.1, 0.15) is 12.4 Å². The number of nitrogens with one attached hydrogen (secondary N) is 1. The average molecular weight is 281 g/mol. The molecule has 0 fully saturated rings. The summed E-state index contributed by atoms with van der Waals surface area (Å²) in [6, 6.07) is 16.6. The third-order valence-electron chi connectivity index (χ3n) is 3.11. The minimum atomic E-state index is 0.0992. The number of H-pyrrole nitrogens is 1. The molecule has 0 unspecified atom stereocenters. The molecule has 0 saturated heterocycles. The summed E-state index contributed by atoms with van der Waals surface area (Å²) >= 11 is 0. The van der Waals surface area contributed by atoms with Crippen LogP contribution in [-0.2, 0) is 6.61 Å². The van der Waals surface area contributed by atoms with Crippen LogP contribution in [0.25, 0.3) is 11.3 Å². The summed E-state index contributed by atoms with van der Waals surface area (Å²) in [6.45, 7) is 0.392. The Hall–Kier alpha value is -2.95. The average Bonchev–Trinajstić information content (AvgIpc) is 2.94. The summed E-state index contributed by atoms with van der Waals surface area (Å²) in [7, 11) is 0. The van der Waals surface area contributed by atoms with Crippen LogP contribution in [0.4, 0.5) is 5.82 Å². The number of phenolic OH excluding ortho intramolecular Hbond substituents is 1. The smallest absolute Gasteiger partial charge is 0.162 e. The zero-order valence-corrected chi connectivity index (χ0v) is 11.3. The first-order chi connectivity index (χ1) is 10.2. The number of rotatable bonds is 4. The van der Waals surface area contributed by atoms with Crippen LogP contribution in [0.2, 0.25) is 0 Å². The first kappa shape index (κ1) is 13.1. The first-order valence-electron chi connectivity index (χ1n) is 6.53. The molecule has 0 spiro atoms. The van der Waals surface area contributed by atoms with Gasteiger partial charge in [-0.3, -0.25) is 5.10 Å². The lowest BCUT2D eigenvalue weighted by Crippen LogP contribution is -1.95. The predicted molar refractivity (Wildman–Crippen MR) is 80.9 cm³/mol. The Balaban J connectivity index is 1.81. The molecule has 5 nitrogen and oxygen atoms in total. The van der Waals surface area contributed by atoms with Crippen LogP contribution >= 0.6 is 0 Å². The number of phenols is 1. The summed E-state index contributed by atoms with van der Waals surface area (Å²) in [5.74, 6) is 0.941. The van der Waals surface area contributed by atoms with E-state index in [9.17, 15) is 5.11 Å². The number of ether oxygens (including phenoxy) is 1. The van der Waals surface area contributed by atoms with Gasteiger partial charge in [0, 0.05) is 11.6 Å². The summed E-state index contributed by atoms with van der Waals surface area (Å²) in [6.07, 6.45) is 0. The SMILES string of the molecule is Nc1cc(-c2ccc(O)c(OCc3ccccc3)c2)[nH]n1. The summed E-state index contributed by atoms with van der Waals surface area (Å²) in [5.41, 5.74) is 8.25. The molecule has 21 heavy (non-hydrogen) atoms. The van der Waals surface area contributed by atoms with Gasteiger partial charge in [0.05, 0.1) is 5.69 Å². The van der Waals surface area contributed by atoms with Crippen molar-refractivity contribution >= 4 is 5.82 Å². The summed E-state index contributed by atoms with van der Waals surface area (Å²) < 4.78 is 5.68. The van der Waals surface area contributed by atoms with Crippen LogP contribution in [0.1, 0.15) is 5.56 Å². The van der Waals surface area contributed by atoms with Crippen molar-refractivity contribution in [3.05, 3.63) is 60.2 Å². The zero-order valence-electron chi connectivity index (χ0n) is 11.3. The van der Waals surface area contributed by atoms with Crippen molar-refractivity contribution in [2.45, 2.75) is 6.61 Å². The first-order valence-corrected chi connectivity index (χ1v) is 6.53. The van der Waals surface area contributed by atoms with Crippen molar-refractivity contribution in [3.63, 3.8) is 0 Å². The minimum absolute atomic E-state index is 0.0992. The largest absolute Gasteiger partial charge is 0.504 e. The molecule has 1 aromatic heterocycles. The van der Waals surface area contributed by atoms with Crippen LogP contribution < -0.4 is 10.5 Å². The van der Waals surface area contributed by atoms with Gasteiger partial charge in [0.25, 0.3) is 0 Å². The number of aromatic nitrogens is 2. The third kappa shape index (κ3) is 2.97. The van der Waals surface area contributed by atoms with E-state index in [0.717, 1.165) is 16.8 Å². The van der Waals surface area contributed by atoms with E-state index in [1.165, 1.54) is 0 Å². The number of nitrogen functional groups attached to an aromatic ring is 1. The van der Waals surface area contributed by atoms with Gasteiger partial charge in [0.15, 0.2) is 11.5 Å². The molecule has 5 heteroatoms. The Kier molecular flexibility index (Phi) is 3.47. The fraction of sp³-hybridized carbons (Fsp3) is 0.0625. The van der Waals surface area contributed by atoms with Crippen LogP contribution in [0.15, 0.2) is 54.6 Å². The van der Waals surface area contributed by atoms with Crippen molar-refractivity contribution in [2.75, 3.05) is 5.73 Å². The third-order valence-corrected chi connectivity index (χ3v) is 3.11. The molecule has 4 N–H and O–H groups in total. The standard InChI is InChI=1S/C16H15N3O2/c17-16-9-13(18-19-16)12-6-7-14(20)15(8-12)21-10-11-4-2-1-3-5-11/h1-9,20H,10H2,(H3,17,18,19). The molecule has 2 aromatic carbocycles. The molecule has 3 aromatic rings. The highest BCUT2D eigenvalue weighted by atomic mass is 16.5. The van der Waals surface area contributed by atoms with E-state index in [1.54, 1.807) is 24.3 Å². The van der Waals surface area contributed by atoms with E-state index in [-0.39, 0.29) is 5.75 Å². The lowest BCUT2D eigenvalue weighted by Gasteiger charge is -2.09. The van der Waals surface area contributed by atoms with Crippen LogP contribution in [0.3, 0.4) is 0 Å². The van der Waals surface area contributed by atoms with E-state index >= 15 is 0 Å². The van der Waals surface area contributed by atoms with Crippen LogP contribution in [-0.4, -0.2) is 15.3 Å². The van der Waals surface area contributed by atoms with Crippen molar-refractivity contribution in [3.8, 4) is 22.8 Å². The van der Waals surface area contributed by atoms with Gasteiger partial charge in [0.2, 0.25) is 0 Å². The van der Waals surface area contributed by atoms with Crippen molar-refractivity contribution in [1.29, 1.82) is 0 Å². The highest BCUT2D eigenvalue weighted by molar-refractivity contribution is 5.65. The van der Waals surface area contributed by atoms with Gasteiger partial charge in [-0.15, -0.1) is 0 Å². The Morgan fingerprint density at radius 1 is 1.10 bits per heavy atom. The van der Waals surface area contributed by atoms with E-state index in [2.05, 4.69) is 10.2 Å². The van der Waals surface area contributed by atoms with E-state index in [0.29, 0.717) is 18.2 Å². The highest BCUT2D eigenvalue weighted by Gasteiger charge is 2.08. The fourth-order valence-corrected chi connectivity index (χ4v) is 2.02. The number of nitrogens with two attached hydrogens (primary N) is 1. The van der Waals surface area contributed by atoms with Crippen molar-refractivity contribution in [1.82, 2.24) is 10.2 Å². The molecule has 0 bridgehead atoms. The van der Waals surface area contributed by atoms with Gasteiger partial charge in [-0.05, 0) is 23.8 Å². The molecule has 0 saturated carbocycles. The summed E-state index contributed by atoms with van der Waals surface area (Å²) in [4.78, 5) is 0. The maximum absolute atomic E-state index is 9.89. The zero-order chi connectivity index (χ0) is 14.7. The Bertz CT molecular complexity index is 738. The van der Waals surface area contributed by atoms with Gasteiger partial charge in [-0.2, -0.15) is 5.10 Å². The highest BCUT2D eigenvalue weighted by Crippen LogP contribution is 2.31. The molecule has 0 atom stereocenters. The van der Waals surface area contributed by atoms with Gasteiger partial charge in [-0.1, -0.05) is 30.3 Å². The minimum Gasteiger partial charge on any atom is -0.504 e. The molecular formula is C16H15N3O2. The number of hydrogen-bond donors (Lipinski definition) is 3. The van der Waals surface area contributed by atoms with E-state index in [1.807, 2.05) is 30.3 Å². The monoisotopic (exact) mass is 281 g/mol. The second-order valence-corrected chi connectivity index (χ2v) is 4.66. The predicted octanol–water partition coefficient (Wildman–Crippen LogP) is 2.94. The molecule has 1 heterocycles. The van der Waals surface area contributed by atoms with Crippen LogP contribution in [0, 0.1) is 0 Å². The normalized spacial score (nSPS) is 10.5. The Labute approximate surface area is 122 Å². The molecule has 106 valence electrons. The maximum atomic E-state index is 9.89. The van der Waals surface area contributed by atoms with Crippen molar-refractivity contribution < 1.29 is 9.84 Å². The molecule has 3 rings (SSSR count). The van der Waals surface area contributed by atoms with Crippen LogP contribution in [0.5, 0.6) is 11.5 Å². The second kappa shape index (κ2) is 5.58. The molecule has 0 amide bonds. The number of aromatic amines is 1. The summed E-state index contributed by atoms with van der Waals surface area (Å²) in [5, 5.41) is 16.6. The van der Waals surface area contributed by atoms with E-state index < -0.39 is 0 Å². The lowest BCUT2D eigenvalue weighted by molar-refractivity contribution is 0.289. The molecule has 0 aliphatic heterocycles. The molecule has 0 aliphatic rings. The Morgan fingerprint density at radius 2 is 1.90 bits per heavy atom. The lowest BCUT2D eigenvalue weighted by atomic mass is 10.1. The number of hydrogen-bond acceptors (Lipinski definition) is 4. The van der Waals surface area contributed by atoms with Gasteiger partial charge in [-0.25, -0.2) is 0 Å². The number of aromatic hydroxyl groups is 1. The molecule has 0 radical (unpaired) electrons. The number of benzene rings is 2. The molecular weight excluding hydrogens is 266 g/mol. The van der Waals surface area contributed by atoms with Gasteiger partial charge < -0.3 is 15.6 Å². The topological polar surface area (TPSA) is 84.2 Å². The second-order valence-electron chi connectivity index (χ2n) is 4.66. The maximum Gasteiger partial charge on any atom is 0.162 e. The Morgan fingerprint density at radius 3 is 2.62 bits per heavy atom. The quantitative estimate of drug-likeness (QED) is 0.686. The number of nitrogens with zero attached hydrogens (tertiary/aromatic N) is 1. The fourth-order valence-electron chi connectivity index (χ4n) is 2.02. The van der Waals surface area contributed by atoms with Crippen molar-refractivity contribution in [2.24, 2.45) is 0 Å². The number of anilines is 1. The van der Waals surface area contributed by atoms with E-state index in [4.69, 9.17) is 10.5 Å².